The third kappa shape index (κ3) is 7.75. The molecule has 0 saturated carbocycles. The molecule has 0 fully saturated rings. The highest BCUT2D eigenvalue weighted by atomic mass is 28.3. The Bertz CT molecular complexity index is 178. The molecule has 0 heterocycles. The van der Waals surface area contributed by atoms with Crippen molar-refractivity contribution in [3.8, 4) is 0 Å². The monoisotopic (exact) mass is 219 g/mol. The first-order valence-electron chi connectivity index (χ1n) is 4.42. The van der Waals surface area contributed by atoms with E-state index in [-0.39, 0.29) is 0 Å². The molecule has 0 aliphatic rings. The molecule has 6 heteroatoms. The van der Waals surface area contributed by atoms with Gasteiger partial charge in [-0.15, -0.1) is 0 Å². The maximum Gasteiger partial charge on any atom is 0.740 e. The third-order valence-electron chi connectivity index (χ3n) is 1.17. The topological polar surface area (TPSA) is 61.8 Å². The van der Waals surface area contributed by atoms with Gasteiger partial charge >= 0.3 is 9.53 Å². The number of carbonyl (C=O) groups is 2. The van der Waals surface area contributed by atoms with Crippen LogP contribution in [0.15, 0.2) is 0 Å². The van der Waals surface area contributed by atoms with Crippen molar-refractivity contribution in [2.24, 2.45) is 0 Å². The van der Waals surface area contributed by atoms with Crippen LogP contribution in [0.4, 0.5) is 0 Å². The second kappa shape index (κ2) is 7.51. The predicted octanol–water partition coefficient (Wildman–Crippen LogP) is 0.914. The van der Waals surface area contributed by atoms with Crippen LogP contribution in [0.5, 0.6) is 0 Å². The van der Waals surface area contributed by atoms with Crippen LogP contribution in [-0.4, -0.2) is 28.1 Å². The fourth-order valence-corrected chi connectivity index (χ4v) is 1.55. The number of carbonyl (C=O) groups excluding carboxylic acids is 2. The van der Waals surface area contributed by atoms with Gasteiger partial charge in [0.15, 0.2) is 0 Å². The summed E-state index contributed by atoms with van der Waals surface area (Å²) in [6.45, 7) is 4.94. The molecule has 0 rings (SSSR count). The zero-order chi connectivity index (χ0) is 11.0. The van der Waals surface area contributed by atoms with Gasteiger partial charge in [0.25, 0.3) is 11.9 Å². The van der Waals surface area contributed by atoms with Crippen molar-refractivity contribution in [3.05, 3.63) is 0 Å². The van der Waals surface area contributed by atoms with Crippen molar-refractivity contribution in [2.75, 3.05) is 6.61 Å². The Morgan fingerprint density at radius 2 is 1.64 bits per heavy atom. The van der Waals surface area contributed by atoms with Crippen molar-refractivity contribution in [1.29, 1.82) is 0 Å². The van der Waals surface area contributed by atoms with Crippen LogP contribution >= 0.6 is 0 Å². The van der Waals surface area contributed by atoms with Gasteiger partial charge in [-0.3, -0.25) is 9.59 Å². The molecule has 5 nitrogen and oxygen atoms in total. The van der Waals surface area contributed by atoms with Crippen molar-refractivity contribution in [2.45, 2.75) is 33.6 Å². The molecule has 0 aliphatic carbocycles. The lowest BCUT2D eigenvalue weighted by Gasteiger charge is -2.11. The zero-order valence-electron chi connectivity index (χ0n) is 8.66. The van der Waals surface area contributed by atoms with Crippen molar-refractivity contribution >= 4 is 21.5 Å². The molecule has 0 aromatic heterocycles. The van der Waals surface area contributed by atoms with E-state index < -0.39 is 21.5 Å². The van der Waals surface area contributed by atoms with Gasteiger partial charge in [0.2, 0.25) is 0 Å². The van der Waals surface area contributed by atoms with Crippen molar-refractivity contribution in [1.82, 2.24) is 0 Å². The third-order valence-corrected chi connectivity index (χ3v) is 2.52. The van der Waals surface area contributed by atoms with E-state index >= 15 is 0 Å². The molecule has 0 bridgehead atoms. The van der Waals surface area contributed by atoms with Gasteiger partial charge in [0.05, 0.1) is 0 Å². The number of hydrogen-bond donors (Lipinski definition) is 0. The van der Waals surface area contributed by atoms with Crippen LogP contribution in [0.1, 0.15) is 33.6 Å². The standard InChI is InChI=1S/C8H15O5Si/c1-4-5-6-11-14(12-7(2)9)13-8(3)10/h4-6H2,1-3H3. The molecule has 0 N–H and O–H groups in total. The van der Waals surface area contributed by atoms with E-state index in [1.807, 2.05) is 6.92 Å². The lowest BCUT2D eigenvalue weighted by atomic mass is 10.4. The predicted molar refractivity (Wildman–Crippen MR) is 50.1 cm³/mol. The number of unbranched alkanes of at least 4 members (excludes halogenated alkanes) is 1. The largest absolute Gasteiger partial charge is 0.740 e. The Morgan fingerprint density at radius 3 is 2.00 bits per heavy atom. The Morgan fingerprint density at radius 1 is 1.14 bits per heavy atom. The van der Waals surface area contributed by atoms with E-state index in [9.17, 15) is 9.59 Å². The van der Waals surface area contributed by atoms with Gasteiger partial charge < -0.3 is 13.3 Å². The average Bonchev–Trinajstić information content (AvgIpc) is 2.02. The highest BCUT2D eigenvalue weighted by Crippen LogP contribution is 1.97. The molecule has 14 heavy (non-hydrogen) atoms. The highest BCUT2D eigenvalue weighted by molar-refractivity contribution is 6.41. The summed E-state index contributed by atoms with van der Waals surface area (Å²) in [4.78, 5) is 21.2. The maximum atomic E-state index is 10.6. The fraction of sp³-hybridized carbons (Fsp3) is 0.750. The van der Waals surface area contributed by atoms with Crippen molar-refractivity contribution < 1.29 is 22.9 Å². The van der Waals surface area contributed by atoms with Crippen LogP contribution in [0.2, 0.25) is 0 Å². The Hall–Kier alpha value is -0.883. The summed E-state index contributed by atoms with van der Waals surface area (Å²) in [7, 11) is -2.22. The fourth-order valence-electron chi connectivity index (χ4n) is 0.614. The summed E-state index contributed by atoms with van der Waals surface area (Å²) in [5, 5.41) is 0. The maximum absolute atomic E-state index is 10.6. The summed E-state index contributed by atoms with van der Waals surface area (Å²) in [5.74, 6) is -1.01. The van der Waals surface area contributed by atoms with Crippen LogP contribution in [0, 0.1) is 0 Å². The van der Waals surface area contributed by atoms with Crippen LogP contribution in [-0.2, 0) is 22.9 Å². The van der Waals surface area contributed by atoms with E-state index in [1.54, 1.807) is 0 Å². The summed E-state index contributed by atoms with van der Waals surface area (Å²) < 4.78 is 14.5. The molecular weight excluding hydrogens is 204 g/mol. The van der Waals surface area contributed by atoms with E-state index in [2.05, 4.69) is 0 Å². The summed E-state index contributed by atoms with van der Waals surface area (Å²) in [5.41, 5.74) is 0. The molecular formula is C8H15O5Si. The first-order chi connectivity index (χ1) is 6.56. The summed E-state index contributed by atoms with van der Waals surface area (Å²) >= 11 is 0. The van der Waals surface area contributed by atoms with E-state index in [0.717, 1.165) is 12.8 Å². The zero-order valence-corrected chi connectivity index (χ0v) is 9.66. The SMILES string of the molecule is CCCCO[Si](OC(C)=O)OC(C)=O. The van der Waals surface area contributed by atoms with Gasteiger partial charge in [-0.1, -0.05) is 13.3 Å². The molecule has 0 atom stereocenters. The van der Waals surface area contributed by atoms with Crippen LogP contribution in [0.3, 0.4) is 0 Å². The minimum atomic E-state index is -2.22. The van der Waals surface area contributed by atoms with Crippen LogP contribution < -0.4 is 0 Å². The van der Waals surface area contributed by atoms with E-state index in [1.165, 1.54) is 13.8 Å². The van der Waals surface area contributed by atoms with Gasteiger partial charge in [0.1, 0.15) is 0 Å². The van der Waals surface area contributed by atoms with Crippen LogP contribution in [0.25, 0.3) is 0 Å². The summed E-state index contributed by atoms with van der Waals surface area (Å²) in [6, 6.07) is 0. The normalized spacial score (nSPS) is 10.0. The second-order valence-corrected chi connectivity index (χ2v) is 3.84. The molecule has 0 aromatic rings. The molecule has 0 unspecified atom stereocenters. The number of rotatable bonds is 6. The molecule has 0 aromatic carbocycles. The highest BCUT2D eigenvalue weighted by Gasteiger charge is 2.26. The molecule has 0 aliphatic heterocycles. The lowest BCUT2D eigenvalue weighted by molar-refractivity contribution is -0.140. The van der Waals surface area contributed by atoms with Crippen molar-refractivity contribution in [3.63, 3.8) is 0 Å². The van der Waals surface area contributed by atoms with E-state index in [4.69, 9.17) is 13.3 Å². The Labute approximate surface area is 85.3 Å². The van der Waals surface area contributed by atoms with Gasteiger partial charge in [-0.25, -0.2) is 0 Å². The smallest absolute Gasteiger partial charge is 0.461 e. The molecule has 1 radical (unpaired) electrons. The molecule has 0 amide bonds. The summed E-state index contributed by atoms with van der Waals surface area (Å²) in [6.07, 6.45) is 1.81. The lowest BCUT2D eigenvalue weighted by Crippen LogP contribution is -2.31. The first-order valence-corrected chi connectivity index (χ1v) is 5.65. The Balaban J connectivity index is 3.84. The van der Waals surface area contributed by atoms with Gasteiger partial charge in [-0.2, -0.15) is 0 Å². The minimum Gasteiger partial charge on any atom is -0.461 e. The van der Waals surface area contributed by atoms with Gasteiger partial charge in [0, 0.05) is 20.5 Å². The minimum absolute atomic E-state index is 0.436. The molecule has 0 spiro atoms. The second-order valence-electron chi connectivity index (χ2n) is 2.64. The number of hydrogen-bond acceptors (Lipinski definition) is 5. The quantitative estimate of drug-likeness (QED) is 0.491. The average molecular weight is 219 g/mol. The van der Waals surface area contributed by atoms with E-state index in [0.29, 0.717) is 6.61 Å². The van der Waals surface area contributed by atoms with Gasteiger partial charge in [-0.05, 0) is 6.42 Å². The molecule has 81 valence electrons. The Kier molecular flexibility index (Phi) is 7.04. The molecule has 0 saturated heterocycles. The first kappa shape index (κ1) is 13.1.